The van der Waals surface area contributed by atoms with Crippen LogP contribution in [0.2, 0.25) is 0 Å². The van der Waals surface area contributed by atoms with Crippen LogP contribution in [0.1, 0.15) is 13.8 Å². The maximum atomic E-state index is 9.54. The quantitative estimate of drug-likeness (QED) is 0.514. The molecule has 2 aliphatic rings. The van der Waals surface area contributed by atoms with Crippen molar-refractivity contribution in [3.63, 3.8) is 0 Å². The molecule has 1 fully saturated rings. The molecule has 0 aromatic rings. The Labute approximate surface area is 76.8 Å². The van der Waals surface area contributed by atoms with E-state index in [2.05, 4.69) is 0 Å². The largest absolute Gasteiger partial charge is 0.387 e. The van der Waals surface area contributed by atoms with Gasteiger partial charge in [0.15, 0.2) is 5.79 Å². The Bertz CT molecular complexity index is 246. The lowest BCUT2D eigenvalue weighted by molar-refractivity contribution is -0.266. The molecular formula is C9H14O4. The molecule has 1 aliphatic carbocycles. The molecule has 0 amide bonds. The van der Waals surface area contributed by atoms with Crippen LogP contribution in [0.5, 0.6) is 0 Å². The predicted molar refractivity (Wildman–Crippen MR) is 45.0 cm³/mol. The number of aliphatic hydroxyl groups excluding tert-OH is 2. The lowest BCUT2D eigenvalue weighted by Crippen LogP contribution is -2.45. The lowest BCUT2D eigenvalue weighted by Gasteiger charge is -2.37. The van der Waals surface area contributed by atoms with E-state index in [0.29, 0.717) is 6.61 Å². The van der Waals surface area contributed by atoms with Gasteiger partial charge in [0.25, 0.3) is 0 Å². The first-order valence-corrected chi connectivity index (χ1v) is 4.38. The third kappa shape index (κ3) is 1.50. The number of rotatable bonds is 0. The summed E-state index contributed by atoms with van der Waals surface area (Å²) in [5.74, 6) is -0.674. The maximum Gasteiger partial charge on any atom is 0.164 e. The van der Waals surface area contributed by atoms with Crippen LogP contribution < -0.4 is 0 Å². The van der Waals surface area contributed by atoms with E-state index < -0.39 is 24.1 Å². The standard InChI is InChI=1S/C9H14O4/c1-9(2)12-4-5-3-6(10)7(11)8(5)13-9/h3,6-8,10-11H,4H2,1-2H3. The van der Waals surface area contributed by atoms with Gasteiger partial charge in [0.05, 0.1) is 6.61 Å². The average molecular weight is 186 g/mol. The minimum atomic E-state index is -0.849. The topological polar surface area (TPSA) is 58.9 Å². The zero-order chi connectivity index (χ0) is 9.64. The van der Waals surface area contributed by atoms with Crippen molar-refractivity contribution >= 4 is 0 Å². The zero-order valence-electron chi connectivity index (χ0n) is 7.73. The Kier molecular flexibility index (Phi) is 1.96. The monoisotopic (exact) mass is 186 g/mol. The second-order valence-electron chi connectivity index (χ2n) is 3.95. The Morgan fingerprint density at radius 2 is 2.15 bits per heavy atom. The Morgan fingerprint density at radius 3 is 2.85 bits per heavy atom. The van der Waals surface area contributed by atoms with Gasteiger partial charge in [-0.05, 0) is 25.5 Å². The molecule has 4 nitrogen and oxygen atoms in total. The Hall–Kier alpha value is -0.420. The minimum absolute atomic E-state index is 0.404. The number of fused-ring (bicyclic) bond motifs is 1. The van der Waals surface area contributed by atoms with Crippen LogP contribution in [0.4, 0.5) is 0 Å². The highest BCUT2D eigenvalue weighted by atomic mass is 16.7. The molecule has 3 atom stereocenters. The van der Waals surface area contributed by atoms with E-state index in [-0.39, 0.29) is 0 Å². The Balaban J connectivity index is 2.17. The summed E-state index contributed by atoms with van der Waals surface area (Å²) in [7, 11) is 0. The second kappa shape index (κ2) is 2.78. The first-order chi connectivity index (χ1) is 5.99. The molecule has 2 N–H and O–H groups in total. The van der Waals surface area contributed by atoms with Crippen molar-refractivity contribution < 1.29 is 19.7 Å². The molecule has 1 saturated heterocycles. The summed E-state index contributed by atoms with van der Waals surface area (Å²) in [4.78, 5) is 0. The molecule has 0 spiro atoms. The van der Waals surface area contributed by atoms with Gasteiger partial charge in [-0.3, -0.25) is 0 Å². The maximum absolute atomic E-state index is 9.54. The molecule has 0 aromatic heterocycles. The number of ether oxygens (including phenoxy) is 2. The summed E-state index contributed by atoms with van der Waals surface area (Å²) < 4.78 is 10.8. The molecule has 74 valence electrons. The van der Waals surface area contributed by atoms with Gasteiger partial charge in [-0.1, -0.05) is 0 Å². The fraction of sp³-hybridized carbons (Fsp3) is 0.778. The molecule has 2 rings (SSSR count). The van der Waals surface area contributed by atoms with Gasteiger partial charge in [0, 0.05) is 0 Å². The van der Waals surface area contributed by atoms with Gasteiger partial charge in [0.2, 0.25) is 0 Å². The highest BCUT2D eigenvalue weighted by Gasteiger charge is 2.43. The van der Waals surface area contributed by atoms with Crippen molar-refractivity contribution in [2.24, 2.45) is 0 Å². The van der Waals surface area contributed by atoms with Crippen molar-refractivity contribution in [1.29, 1.82) is 0 Å². The van der Waals surface area contributed by atoms with E-state index in [1.807, 2.05) is 0 Å². The number of hydrogen-bond donors (Lipinski definition) is 2. The molecular weight excluding hydrogens is 172 g/mol. The minimum Gasteiger partial charge on any atom is -0.387 e. The van der Waals surface area contributed by atoms with Crippen molar-refractivity contribution in [2.45, 2.75) is 37.9 Å². The van der Waals surface area contributed by atoms with E-state index in [1.54, 1.807) is 19.9 Å². The van der Waals surface area contributed by atoms with E-state index in [0.717, 1.165) is 5.57 Å². The molecule has 3 unspecified atom stereocenters. The van der Waals surface area contributed by atoms with Crippen molar-refractivity contribution in [3.8, 4) is 0 Å². The van der Waals surface area contributed by atoms with Gasteiger partial charge in [-0.15, -0.1) is 0 Å². The van der Waals surface area contributed by atoms with Gasteiger partial charge in [0.1, 0.15) is 18.3 Å². The lowest BCUT2D eigenvalue weighted by atomic mass is 10.1. The average Bonchev–Trinajstić information content (AvgIpc) is 2.29. The normalized spacial score (nSPS) is 42.8. The van der Waals surface area contributed by atoms with E-state index >= 15 is 0 Å². The molecule has 0 aromatic carbocycles. The van der Waals surface area contributed by atoms with E-state index in [4.69, 9.17) is 9.47 Å². The van der Waals surface area contributed by atoms with Crippen LogP contribution in [-0.2, 0) is 9.47 Å². The van der Waals surface area contributed by atoms with Crippen LogP contribution in [0.15, 0.2) is 11.6 Å². The summed E-state index contributed by atoms with van der Waals surface area (Å²) in [5.41, 5.74) is 0.833. The fourth-order valence-electron chi connectivity index (χ4n) is 1.68. The van der Waals surface area contributed by atoms with Crippen LogP contribution in [0, 0.1) is 0 Å². The third-order valence-corrected chi connectivity index (χ3v) is 2.41. The number of aliphatic hydroxyl groups is 2. The third-order valence-electron chi connectivity index (χ3n) is 2.41. The van der Waals surface area contributed by atoms with Gasteiger partial charge in [-0.25, -0.2) is 0 Å². The van der Waals surface area contributed by atoms with Crippen molar-refractivity contribution in [3.05, 3.63) is 11.6 Å². The van der Waals surface area contributed by atoms with Crippen LogP contribution in [0.25, 0.3) is 0 Å². The summed E-state index contributed by atoms with van der Waals surface area (Å²) in [6, 6.07) is 0. The predicted octanol–water partition coefficient (Wildman–Crippen LogP) is -0.200. The van der Waals surface area contributed by atoms with Crippen LogP contribution in [-0.4, -0.2) is 40.9 Å². The van der Waals surface area contributed by atoms with Gasteiger partial charge in [-0.2, -0.15) is 0 Å². The molecule has 1 aliphatic heterocycles. The second-order valence-corrected chi connectivity index (χ2v) is 3.95. The fourth-order valence-corrected chi connectivity index (χ4v) is 1.68. The smallest absolute Gasteiger partial charge is 0.164 e. The van der Waals surface area contributed by atoms with E-state index in [1.165, 1.54) is 0 Å². The summed E-state index contributed by atoms with van der Waals surface area (Å²) >= 11 is 0. The van der Waals surface area contributed by atoms with Crippen LogP contribution in [0.3, 0.4) is 0 Å². The first-order valence-electron chi connectivity index (χ1n) is 4.38. The molecule has 0 radical (unpaired) electrons. The van der Waals surface area contributed by atoms with Crippen LogP contribution >= 0.6 is 0 Å². The Morgan fingerprint density at radius 1 is 1.46 bits per heavy atom. The number of hydrogen-bond acceptors (Lipinski definition) is 4. The van der Waals surface area contributed by atoms with E-state index in [9.17, 15) is 10.2 Å². The summed E-state index contributed by atoms with van der Waals surface area (Å²) in [6.45, 7) is 4.01. The molecule has 13 heavy (non-hydrogen) atoms. The summed E-state index contributed by atoms with van der Waals surface area (Å²) in [5, 5.41) is 18.9. The van der Waals surface area contributed by atoms with Crippen molar-refractivity contribution in [2.75, 3.05) is 6.61 Å². The van der Waals surface area contributed by atoms with Gasteiger partial charge >= 0.3 is 0 Å². The molecule has 0 bridgehead atoms. The van der Waals surface area contributed by atoms with Gasteiger partial charge < -0.3 is 19.7 Å². The molecule has 1 heterocycles. The first kappa shape index (κ1) is 9.15. The molecule has 4 heteroatoms. The highest BCUT2D eigenvalue weighted by molar-refractivity contribution is 5.24. The van der Waals surface area contributed by atoms with Crippen molar-refractivity contribution in [1.82, 2.24) is 0 Å². The zero-order valence-corrected chi connectivity index (χ0v) is 7.73. The summed E-state index contributed by atoms with van der Waals surface area (Å²) in [6.07, 6.45) is -0.473. The molecule has 0 saturated carbocycles. The highest BCUT2D eigenvalue weighted by Crippen LogP contribution is 2.32. The SMILES string of the molecule is CC1(C)OCC2=CC(O)C(O)C2O1.